The first-order valence-corrected chi connectivity index (χ1v) is 8.59. The Balaban J connectivity index is 0.000000450. The average molecular weight is 443 g/mol. The van der Waals surface area contributed by atoms with Gasteiger partial charge in [0.05, 0.1) is 9.86 Å². The standard InChI is InChI=1S/C11H9BrF3N3O.C4H7ClO/c1-2-3-4(19)16-11-5-7(13)8(14)6(12)9(15)10(5)17-18-11;1-2-3-4(5)6/h2-3H2,1H3,(H2,16,17,18,19);2-3H2,1H3. The highest BCUT2D eigenvalue weighted by Gasteiger charge is 2.23. The van der Waals surface area contributed by atoms with Gasteiger partial charge in [-0.25, -0.2) is 13.2 Å². The van der Waals surface area contributed by atoms with Crippen LogP contribution >= 0.6 is 27.5 Å². The van der Waals surface area contributed by atoms with Crippen LogP contribution in [-0.2, 0) is 9.59 Å². The number of amides is 1. The number of fused-ring (bicyclic) bond motifs is 1. The zero-order valence-corrected chi connectivity index (χ0v) is 15.8. The molecule has 0 aliphatic carbocycles. The zero-order valence-electron chi connectivity index (χ0n) is 13.5. The maximum Gasteiger partial charge on any atom is 0.225 e. The van der Waals surface area contributed by atoms with Gasteiger partial charge in [-0.3, -0.25) is 14.7 Å². The van der Waals surface area contributed by atoms with E-state index in [9.17, 15) is 22.8 Å². The molecule has 2 N–H and O–H groups in total. The molecule has 0 saturated heterocycles. The molecule has 10 heteroatoms. The lowest BCUT2D eigenvalue weighted by Crippen LogP contribution is -2.11. The number of nitrogens with zero attached hydrogens (tertiary/aromatic N) is 1. The van der Waals surface area contributed by atoms with Crippen LogP contribution in [0.4, 0.5) is 19.0 Å². The predicted molar refractivity (Wildman–Crippen MR) is 93.0 cm³/mol. The molecule has 0 fully saturated rings. The van der Waals surface area contributed by atoms with Crippen LogP contribution in [0, 0.1) is 17.5 Å². The fraction of sp³-hybridized carbons (Fsp3) is 0.400. The topological polar surface area (TPSA) is 74.8 Å². The molecule has 5 nitrogen and oxygen atoms in total. The van der Waals surface area contributed by atoms with Gasteiger partial charge >= 0.3 is 0 Å². The van der Waals surface area contributed by atoms with Gasteiger partial charge in [0.1, 0.15) is 5.52 Å². The number of hydrogen-bond acceptors (Lipinski definition) is 3. The van der Waals surface area contributed by atoms with Crippen molar-refractivity contribution in [2.24, 2.45) is 0 Å². The van der Waals surface area contributed by atoms with Crippen LogP contribution in [0.15, 0.2) is 4.47 Å². The van der Waals surface area contributed by atoms with Crippen molar-refractivity contribution in [1.82, 2.24) is 10.2 Å². The SMILES string of the molecule is CCCC(=O)Cl.CCCC(=O)Nc1n[nH]c2c(F)c(Br)c(F)c(F)c12. The molecule has 0 radical (unpaired) electrons. The van der Waals surface area contributed by atoms with Crippen LogP contribution in [0.2, 0.25) is 0 Å². The first kappa shape index (κ1) is 21.4. The van der Waals surface area contributed by atoms with Crippen molar-refractivity contribution >= 4 is 55.4 Å². The predicted octanol–water partition coefficient (Wildman–Crippen LogP) is 5.03. The lowest BCUT2D eigenvalue weighted by Gasteiger charge is -2.04. The van der Waals surface area contributed by atoms with Gasteiger partial charge in [-0.15, -0.1) is 0 Å². The maximum atomic E-state index is 13.8. The Hall–Kier alpha value is -1.61. The Morgan fingerprint density at radius 2 is 1.72 bits per heavy atom. The van der Waals surface area contributed by atoms with E-state index >= 15 is 0 Å². The van der Waals surface area contributed by atoms with E-state index in [0.717, 1.165) is 6.42 Å². The Kier molecular flexibility index (Phi) is 8.37. The van der Waals surface area contributed by atoms with Crippen LogP contribution in [0.5, 0.6) is 0 Å². The van der Waals surface area contributed by atoms with Gasteiger partial charge in [-0.1, -0.05) is 13.8 Å². The van der Waals surface area contributed by atoms with Crippen LogP contribution in [0.3, 0.4) is 0 Å². The molecular weight excluding hydrogens is 427 g/mol. The fourth-order valence-electron chi connectivity index (χ4n) is 1.84. The highest BCUT2D eigenvalue weighted by atomic mass is 79.9. The quantitative estimate of drug-likeness (QED) is 0.387. The Labute approximate surface area is 155 Å². The fourth-order valence-corrected chi connectivity index (χ4v) is 2.40. The monoisotopic (exact) mass is 441 g/mol. The number of carbonyl (C=O) groups is 2. The second kappa shape index (κ2) is 9.76. The summed E-state index contributed by atoms with van der Waals surface area (Å²) in [5.41, 5.74) is -0.308. The molecule has 2 rings (SSSR count). The summed E-state index contributed by atoms with van der Waals surface area (Å²) >= 11 is 7.55. The number of anilines is 1. The van der Waals surface area contributed by atoms with Crippen molar-refractivity contribution in [2.75, 3.05) is 5.32 Å². The summed E-state index contributed by atoms with van der Waals surface area (Å²) in [6, 6.07) is 0. The second-order valence-corrected chi connectivity index (χ2v) is 6.20. The highest BCUT2D eigenvalue weighted by Crippen LogP contribution is 2.33. The number of hydrogen-bond donors (Lipinski definition) is 2. The van der Waals surface area contributed by atoms with Gasteiger partial charge in [0.25, 0.3) is 0 Å². The van der Waals surface area contributed by atoms with Crippen molar-refractivity contribution < 1.29 is 22.8 Å². The molecule has 2 aromatic rings. The normalized spacial score (nSPS) is 10.4. The van der Waals surface area contributed by atoms with Gasteiger partial charge in [-0.2, -0.15) is 5.10 Å². The molecule has 1 aromatic heterocycles. The number of benzene rings is 1. The van der Waals surface area contributed by atoms with Gasteiger partial charge in [0, 0.05) is 12.8 Å². The van der Waals surface area contributed by atoms with Crippen molar-refractivity contribution in [3.8, 4) is 0 Å². The lowest BCUT2D eigenvalue weighted by atomic mass is 10.2. The number of aromatic nitrogens is 2. The minimum atomic E-state index is -1.36. The van der Waals surface area contributed by atoms with Gasteiger partial charge in [0.15, 0.2) is 23.3 Å². The number of carbonyl (C=O) groups excluding carboxylic acids is 2. The molecule has 1 heterocycles. The lowest BCUT2D eigenvalue weighted by molar-refractivity contribution is -0.116. The van der Waals surface area contributed by atoms with Crippen molar-refractivity contribution in [3.63, 3.8) is 0 Å². The van der Waals surface area contributed by atoms with E-state index in [4.69, 9.17) is 11.6 Å². The minimum absolute atomic E-state index is 0.206. The summed E-state index contributed by atoms with van der Waals surface area (Å²) in [5, 5.41) is 7.49. The molecule has 0 spiro atoms. The van der Waals surface area contributed by atoms with Gasteiger partial charge in [0.2, 0.25) is 11.1 Å². The summed E-state index contributed by atoms with van der Waals surface area (Å²) in [4.78, 5) is 21.2. The van der Waals surface area contributed by atoms with E-state index in [0.29, 0.717) is 12.8 Å². The molecule has 0 aliphatic heterocycles. The molecule has 1 aromatic carbocycles. The Bertz CT molecular complexity index is 783. The summed E-state index contributed by atoms with van der Waals surface area (Å²) in [6.45, 7) is 3.71. The molecule has 0 saturated carbocycles. The van der Waals surface area contributed by atoms with Crippen LogP contribution < -0.4 is 5.32 Å². The highest BCUT2D eigenvalue weighted by molar-refractivity contribution is 9.10. The molecule has 0 atom stereocenters. The van der Waals surface area contributed by atoms with E-state index in [1.165, 1.54) is 0 Å². The molecule has 138 valence electrons. The van der Waals surface area contributed by atoms with Crippen molar-refractivity contribution in [1.29, 1.82) is 0 Å². The average Bonchev–Trinajstić information content (AvgIpc) is 2.95. The van der Waals surface area contributed by atoms with Gasteiger partial charge in [-0.05, 0) is 40.4 Å². The third kappa shape index (κ3) is 5.43. The van der Waals surface area contributed by atoms with Crippen LogP contribution in [-0.4, -0.2) is 21.3 Å². The zero-order chi connectivity index (χ0) is 19.1. The van der Waals surface area contributed by atoms with Crippen LogP contribution in [0.1, 0.15) is 39.5 Å². The first-order chi connectivity index (χ1) is 11.7. The summed E-state index contributed by atoms with van der Waals surface area (Å²) in [7, 11) is 0. The van der Waals surface area contributed by atoms with Crippen LogP contribution in [0.25, 0.3) is 10.9 Å². The Morgan fingerprint density at radius 1 is 1.12 bits per heavy atom. The molecule has 0 bridgehead atoms. The number of rotatable bonds is 5. The summed E-state index contributed by atoms with van der Waals surface area (Å²) in [5.74, 6) is -4.27. The number of aromatic amines is 1. The number of nitrogens with one attached hydrogen (secondary N) is 2. The second-order valence-electron chi connectivity index (χ2n) is 4.98. The Morgan fingerprint density at radius 3 is 2.20 bits per heavy atom. The molecule has 0 aliphatic rings. The first-order valence-electron chi connectivity index (χ1n) is 7.42. The largest absolute Gasteiger partial charge is 0.309 e. The van der Waals surface area contributed by atoms with Crippen molar-refractivity contribution in [2.45, 2.75) is 39.5 Å². The third-order valence-corrected chi connectivity index (χ3v) is 3.85. The van der Waals surface area contributed by atoms with Crippen molar-refractivity contribution in [3.05, 3.63) is 21.9 Å². The molecule has 0 unspecified atom stereocenters. The van der Waals surface area contributed by atoms with E-state index in [-0.39, 0.29) is 23.0 Å². The third-order valence-electron chi connectivity index (χ3n) is 2.96. The van der Waals surface area contributed by atoms with E-state index in [2.05, 4.69) is 31.4 Å². The number of H-pyrrole nitrogens is 1. The number of halogens is 5. The van der Waals surface area contributed by atoms with E-state index in [1.807, 2.05) is 6.92 Å². The van der Waals surface area contributed by atoms with Gasteiger partial charge < -0.3 is 5.32 Å². The summed E-state index contributed by atoms with van der Waals surface area (Å²) < 4.78 is 40.3. The molecule has 1 amide bonds. The smallest absolute Gasteiger partial charge is 0.225 e. The van der Waals surface area contributed by atoms with E-state index < -0.39 is 33.2 Å². The molecular formula is C15H16BrClF3N3O2. The van der Waals surface area contributed by atoms with E-state index in [1.54, 1.807) is 6.92 Å². The maximum absolute atomic E-state index is 13.8. The molecule has 25 heavy (non-hydrogen) atoms. The minimum Gasteiger partial charge on any atom is -0.309 e. The summed E-state index contributed by atoms with van der Waals surface area (Å²) in [6.07, 6.45) is 2.15.